The van der Waals surface area contributed by atoms with Crippen molar-refractivity contribution in [2.75, 3.05) is 11.9 Å². The van der Waals surface area contributed by atoms with E-state index >= 15 is 0 Å². The lowest BCUT2D eigenvalue weighted by atomic mass is 9.95. The van der Waals surface area contributed by atoms with E-state index in [4.69, 9.17) is 4.74 Å². The summed E-state index contributed by atoms with van der Waals surface area (Å²) in [4.78, 5) is 24.9. The number of rotatable bonds is 5. The molecule has 5 heteroatoms. The molecule has 0 spiro atoms. The molecule has 2 N–H and O–H groups in total. The highest BCUT2D eigenvalue weighted by atomic mass is 16.5. The maximum absolute atomic E-state index is 12.6. The molecule has 0 aromatic heterocycles. The van der Waals surface area contributed by atoms with Crippen molar-refractivity contribution in [3.8, 4) is 0 Å². The van der Waals surface area contributed by atoms with Gasteiger partial charge in [-0.2, -0.15) is 0 Å². The van der Waals surface area contributed by atoms with Crippen LogP contribution in [0.5, 0.6) is 0 Å². The fraction of sp³-hybridized carbons (Fsp3) is 0.333. The molecular weight excluding hydrogens is 328 g/mol. The van der Waals surface area contributed by atoms with Crippen LogP contribution in [0, 0.1) is 0 Å². The summed E-state index contributed by atoms with van der Waals surface area (Å²) in [5, 5.41) is 5.72. The molecule has 0 radical (unpaired) electrons. The first-order chi connectivity index (χ1) is 12.5. The number of nitrogens with one attached hydrogen (secondary N) is 2. The number of hydrogen-bond acceptors (Lipinski definition) is 3. The SMILES string of the molecule is CC(C)NC(=O)c1ccccc1NC(=O)CC1OCCc2ccccc21. The van der Waals surface area contributed by atoms with Crippen molar-refractivity contribution in [2.24, 2.45) is 0 Å². The smallest absolute Gasteiger partial charge is 0.253 e. The number of para-hydroxylation sites is 1. The number of carbonyl (C=O) groups is 2. The van der Waals surface area contributed by atoms with Gasteiger partial charge in [0.2, 0.25) is 5.91 Å². The largest absolute Gasteiger partial charge is 0.373 e. The number of hydrogen-bond donors (Lipinski definition) is 2. The molecule has 1 aliphatic rings. The third kappa shape index (κ3) is 4.29. The standard InChI is InChI=1S/C21H24N2O3/c1-14(2)22-21(25)17-9-5-6-10-18(17)23-20(24)13-19-16-8-4-3-7-15(16)11-12-26-19/h3-10,14,19H,11-13H2,1-2H3,(H,22,25)(H,23,24). The Morgan fingerprint density at radius 2 is 1.85 bits per heavy atom. The van der Waals surface area contributed by atoms with E-state index in [1.54, 1.807) is 24.3 Å². The van der Waals surface area contributed by atoms with Gasteiger partial charge >= 0.3 is 0 Å². The summed E-state index contributed by atoms with van der Waals surface area (Å²) in [6, 6.07) is 15.1. The molecule has 1 aliphatic heterocycles. The third-order valence-corrected chi connectivity index (χ3v) is 4.33. The predicted octanol–water partition coefficient (Wildman–Crippen LogP) is 3.47. The van der Waals surface area contributed by atoms with E-state index in [9.17, 15) is 9.59 Å². The quantitative estimate of drug-likeness (QED) is 0.866. The van der Waals surface area contributed by atoms with Gasteiger partial charge in [0.25, 0.3) is 5.91 Å². The average molecular weight is 352 g/mol. The van der Waals surface area contributed by atoms with E-state index in [0.717, 1.165) is 12.0 Å². The molecule has 0 fully saturated rings. The molecule has 1 atom stereocenters. The molecule has 2 amide bonds. The Kier molecular flexibility index (Phi) is 5.68. The lowest BCUT2D eigenvalue weighted by molar-refractivity contribution is -0.119. The van der Waals surface area contributed by atoms with Crippen LogP contribution in [0.25, 0.3) is 0 Å². The minimum absolute atomic E-state index is 0.0263. The van der Waals surface area contributed by atoms with Gasteiger partial charge in [0.05, 0.1) is 30.4 Å². The topological polar surface area (TPSA) is 67.4 Å². The van der Waals surface area contributed by atoms with Crippen molar-refractivity contribution in [3.63, 3.8) is 0 Å². The molecule has 5 nitrogen and oxygen atoms in total. The molecule has 0 bridgehead atoms. The van der Waals surface area contributed by atoms with Crippen LogP contribution < -0.4 is 10.6 Å². The van der Waals surface area contributed by atoms with Crippen LogP contribution in [0.4, 0.5) is 5.69 Å². The van der Waals surface area contributed by atoms with Crippen LogP contribution in [0.1, 0.15) is 47.9 Å². The van der Waals surface area contributed by atoms with Gasteiger partial charge in [-0.1, -0.05) is 36.4 Å². The van der Waals surface area contributed by atoms with Crippen LogP contribution in [0.3, 0.4) is 0 Å². The highest BCUT2D eigenvalue weighted by Crippen LogP contribution is 2.30. The number of benzene rings is 2. The van der Waals surface area contributed by atoms with Crippen LogP contribution >= 0.6 is 0 Å². The Bertz CT molecular complexity index is 801. The lowest BCUT2D eigenvalue weighted by Gasteiger charge is -2.25. The van der Waals surface area contributed by atoms with E-state index in [1.165, 1.54) is 5.56 Å². The summed E-state index contributed by atoms with van der Waals surface area (Å²) < 4.78 is 5.80. The fourth-order valence-corrected chi connectivity index (χ4v) is 3.15. The minimum atomic E-state index is -0.253. The van der Waals surface area contributed by atoms with Gasteiger partial charge in [0, 0.05) is 6.04 Å². The monoisotopic (exact) mass is 352 g/mol. The summed E-state index contributed by atoms with van der Waals surface area (Å²) in [5.41, 5.74) is 3.27. The van der Waals surface area contributed by atoms with Crippen LogP contribution in [-0.2, 0) is 16.0 Å². The van der Waals surface area contributed by atoms with Crippen molar-refractivity contribution in [2.45, 2.75) is 38.8 Å². The first kappa shape index (κ1) is 18.1. The lowest BCUT2D eigenvalue weighted by Crippen LogP contribution is -2.31. The first-order valence-corrected chi connectivity index (χ1v) is 8.93. The van der Waals surface area contributed by atoms with Crippen LogP contribution in [-0.4, -0.2) is 24.5 Å². The van der Waals surface area contributed by atoms with Gasteiger partial charge in [-0.3, -0.25) is 9.59 Å². The Morgan fingerprint density at radius 3 is 2.65 bits per heavy atom. The zero-order chi connectivity index (χ0) is 18.5. The van der Waals surface area contributed by atoms with E-state index in [1.807, 2.05) is 32.0 Å². The highest BCUT2D eigenvalue weighted by Gasteiger charge is 2.23. The summed E-state index contributed by atoms with van der Waals surface area (Å²) >= 11 is 0. The van der Waals surface area contributed by atoms with Crippen molar-refractivity contribution in [3.05, 3.63) is 65.2 Å². The molecule has 0 saturated heterocycles. The first-order valence-electron chi connectivity index (χ1n) is 8.93. The summed E-state index contributed by atoms with van der Waals surface area (Å²) in [6.45, 7) is 4.41. The summed E-state index contributed by atoms with van der Waals surface area (Å²) in [6.07, 6.45) is 0.834. The Morgan fingerprint density at radius 1 is 1.12 bits per heavy atom. The van der Waals surface area contributed by atoms with Crippen LogP contribution in [0.2, 0.25) is 0 Å². The normalized spacial score (nSPS) is 16.0. The molecule has 0 aliphatic carbocycles. The van der Waals surface area contributed by atoms with Gasteiger partial charge < -0.3 is 15.4 Å². The van der Waals surface area contributed by atoms with Crippen molar-refractivity contribution >= 4 is 17.5 Å². The van der Waals surface area contributed by atoms with Crippen molar-refractivity contribution in [1.82, 2.24) is 5.32 Å². The second kappa shape index (κ2) is 8.15. The molecule has 2 aromatic rings. The summed E-state index contributed by atoms with van der Waals surface area (Å²) in [7, 11) is 0. The number of ether oxygens (including phenoxy) is 1. The molecule has 1 unspecified atom stereocenters. The number of anilines is 1. The van der Waals surface area contributed by atoms with Crippen molar-refractivity contribution < 1.29 is 14.3 Å². The Hall–Kier alpha value is -2.66. The van der Waals surface area contributed by atoms with Gasteiger partial charge in [-0.15, -0.1) is 0 Å². The molecule has 136 valence electrons. The van der Waals surface area contributed by atoms with Gasteiger partial charge in [0.1, 0.15) is 0 Å². The van der Waals surface area contributed by atoms with Crippen molar-refractivity contribution in [1.29, 1.82) is 0 Å². The molecule has 26 heavy (non-hydrogen) atoms. The fourth-order valence-electron chi connectivity index (χ4n) is 3.15. The third-order valence-electron chi connectivity index (χ3n) is 4.33. The Balaban J connectivity index is 1.71. The van der Waals surface area contributed by atoms with Gasteiger partial charge in [0.15, 0.2) is 0 Å². The predicted molar refractivity (Wildman–Crippen MR) is 101 cm³/mol. The molecule has 2 aromatic carbocycles. The number of fused-ring (bicyclic) bond motifs is 1. The molecule has 1 heterocycles. The summed E-state index contributed by atoms with van der Waals surface area (Å²) in [5.74, 6) is -0.369. The number of carbonyl (C=O) groups excluding carboxylic acids is 2. The second-order valence-corrected chi connectivity index (χ2v) is 6.73. The molecular formula is C21H24N2O3. The number of amides is 2. The van der Waals surface area contributed by atoms with Gasteiger partial charge in [-0.25, -0.2) is 0 Å². The van der Waals surface area contributed by atoms with E-state index < -0.39 is 0 Å². The Labute approximate surface area is 153 Å². The molecule has 3 rings (SSSR count). The maximum atomic E-state index is 12.6. The van der Waals surface area contributed by atoms with Gasteiger partial charge in [-0.05, 0) is 43.5 Å². The minimum Gasteiger partial charge on any atom is -0.373 e. The zero-order valence-corrected chi connectivity index (χ0v) is 15.1. The maximum Gasteiger partial charge on any atom is 0.253 e. The average Bonchev–Trinajstić information content (AvgIpc) is 2.62. The highest BCUT2D eigenvalue weighted by molar-refractivity contribution is 6.03. The zero-order valence-electron chi connectivity index (χ0n) is 15.1. The van der Waals surface area contributed by atoms with Crippen LogP contribution in [0.15, 0.2) is 48.5 Å². The van der Waals surface area contributed by atoms with E-state index in [2.05, 4.69) is 16.7 Å². The molecule has 0 saturated carbocycles. The second-order valence-electron chi connectivity index (χ2n) is 6.73. The van der Waals surface area contributed by atoms with E-state index in [-0.39, 0.29) is 30.4 Å². The van der Waals surface area contributed by atoms with E-state index in [0.29, 0.717) is 17.9 Å².